The molecular formula is C19H18ClN6P. The second kappa shape index (κ2) is 7.51. The number of para-hydroxylation sites is 1. The molecule has 0 fully saturated rings. The van der Waals surface area contributed by atoms with E-state index in [9.17, 15) is 0 Å². The second-order valence-corrected chi connectivity index (χ2v) is 8.90. The van der Waals surface area contributed by atoms with E-state index in [-0.39, 0.29) is 7.92 Å². The van der Waals surface area contributed by atoms with Gasteiger partial charge >= 0.3 is 0 Å². The smallest absolute Gasteiger partial charge is 0.229 e. The van der Waals surface area contributed by atoms with E-state index >= 15 is 0 Å². The molecule has 0 saturated carbocycles. The van der Waals surface area contributed by atoms with Crippen LogP contribution in [0.4, 0.5) is 23.1 Å². The highest BCUT2D eigenvalue weighted by molar-refractivity contribution is 7.64. The highest BCUT2D eigenvalue weighted by Gasteiger charge is 2.11. The summed E-state index contributed by atoms with van der Waals surface area (Å²) in [7, 11) is -0.255. The lowest BCUT2D eigenvalue weighted by Crippen LogP contribution is -2.09. The number of nitrogens with one attached hydrogen (secondary N) is 3. The number of rotatable bonds is 5. The van der Waals surface area contributed by atoms with Crippen molar-refractivity contribution in [2.24, 2.45) is 0 Å². The molecule has 0 radical (unpaired) electrons. The van der Waals surface area contributed by atoms with Gasteiger partial charge in [0.1, 0.15) is 5.02 Å². The minimum Gasteiger partial charge on any atom is -0.338 e. The van der Waals surface area contributed by atoms with Gasteiger partial charge in [0.25, 0.3) is 0 Å². The fourth-order valence-electron chi connectivity index (χ4n) is 2.76. The van der Waals surface area contributed by atoms with Gasteiger partial charge in [-0.15, -0.1) is 0 Å². The number of fused-ring (bicyclic) bond motifs is 1. The molecule has 4 rings (SSSR count). The quantitative estimate of drug-likeness (QED) is 0.420. The topological polar surface area (TPSA) is 78.5 Å². The van der Waals surface area contributed by atoms with Crippen molar-refractivity contribution < 1.29 is 0 Å². The summed E-state index contributed by atoms with van der Waals surface area (Å²) in [6, 6.07) is 14.1. The molecule has 0 saturated heterocycles. The van der Waals surface area contributed by atoms with Crippen molar-refractivity contribution in [2.75, 3.05) is 24.0 Å². The SMILES string of the molecule is CP(C)c1ccccc1Nc1nc(Nc2ccc3[nH]ncc3c2)ncc1Cl. The highest BCUT2D eigenvalue weighted by atomic mass is 35.5. The first-order chi connectivity index (χ1) is 13.1. The number of halogens is 1. The van der Waals surface area contributed by atoms with E-state index in [2.05, 4.69) is 50.2 Å². The Labute approximate surface area is 163 Å². The number of anilines is 4. The van der Waals surface area contributed by atoms with Crippen molar-refractivity contribution in [1.29, 1.82) is 0 Å². The molecule has 0 atom stereocenters. The molecule has 0 bridgehead atoms. The summed E-state index contributed by atoms with van der Waals surface area (Å²) in [5.74, 6) is 1.04. The number of aromatic nitrogens is 4. The molecule has 0 aliphatic rings. The molecular weight excluding hydrogens is 379 g/mol. The Bertz CT molecular complexity index is 1090. The molecule has 8 heteroatoms. The summed E-state index contributed by atoms with van der Waals surface area (Å²) < 4.78 is 0. The number of hydrogen-bond donors (Lipinski definition) is 3. The molecule has 0 unspecified atom stereocenters. The van der Waals surface area contributed by atoms with E-state index < -0.39 is 0 Å². The minimum atomic E-state index is -0.255. The van der Waals surface area contributed by atoms with Crippen molar-refractivity contribution in [3.8, 4) is 0 Å². The molecule has 0 aliphatic heterocycles. The standard InChI is InChI=1S/C19H18ClN6P/c1-27(2)17-6-4-3-5-16(17)24-18-14(20)11-21-19(25-18)23-13-7-8-15-12(9-13)10-22-26-15/h3-11H,1-2H3,(H,22,26)(H2,21,23,24,25). The molecule has 27 heavy (non-hydrogen) atoms. The molecule has 2 aromatic heterocycles. The van der Waals surface area contributed by atoms with Crippen LogP contribution >= 0.6 is 19.5 Å². The Kier molecular flexibility index (Phi) is 4.92. The van der Waals surface area contributed by atoms with Crippen LogP contribution in [0.15, 0.2) is 54.9 Å². The maximum Gasteiger partial charge on any atom is 0.229 e. The molecule has 0 spiro atoms. The number of hydrogen-bond acceptors (Lipinski definition) is 5. The molecule has 0 amide bonds. The average Bonchev–Trinajstić information content (AvgIpc) is 3.12. The maximum absolute atomic E-state index is 6.32. The zero-order valence-electron chi connectivity index (χ0n) is 14.9. The normalized spacial score (nSPS) is 11.1. The first kappa shape index (κ1) is 17.7. The van der Waals surface area contributed by atoms with E-state index in [0.29, 0.717) is 16.8 Å². The Hall–Kier alpha value is -2.69. The van der Waals surface area contributed by atoms with Crippen LogP contribution in [0.1, 0.15) is 0 Å². The number of benzene rings is 2. The summed E-state index contributed by atoms with van der Waals surface area (Å²) in [4.78, 5) is 8.84. The van der Waals surface area contributed by atoms with Gasteiger partial charge in [0.05, 0.1) is 17.9 Å². The molecule has 3 N–H and O–H groups in total. The highest BCUT2D eigenvalue weighted by Crippen LogP contribution is 2.31. The zero-order valence-corrected chi connectivity index (χ0v) is 16.5. The Balaban J connectivity index is 1.61. The van der Waals surface area contributed by atoms with E-state index in [0.717, 1.165) is 22.3 Å². The number of aromatic amines is 1. The third-order valence-electron chi connectivity index (χ3n) is 4.08. The van der Waals surface area contributed by atoms with Crippen molar-refractivity contribution in [1.82, 2.24) is 20.2 Å². The third-order valence-corrected chi connectivity index (χ3v) is 5.71. The van der Waals surface area contributed by atoms with E-state index in [1.165, 1.54) is 5.30 Å². The van der Waals surface area contributed by atoms with Crippen LogP contribution in [0.5, 0.6) is 0 Å². The monoisotopic (exact) mass is 396 g/mol. The van der Waals surface area contributed by atoms with Gasteiger partial charge in [0.2, 0.25) is 5.95 Å². The number of nitrogens with zero attached hydrogens (tertiary/aromatic N) is 3. The van der Waals surface area contributed by atoms with Gasteiger partial charge in [0, 0.05) is 16.8 Å². The molecule has 0 aliphatic carbocycles. The Morgan fingerprint density at radius 3 is 2.74 bits per heavy atom. The molecule has 6 nitrogen and oxygen atoms in total. The van der Waals surface area contributed by atoms with Gasteiger partial charge in [0.15, 0.2) is 5.82 Å². The van der Waals surface area contributed by atoms with Gasteiger partial charge in [-0.3, -0.25) is 5.10 Å². The maximum atomic E-state index is 6.32. The lowest BCUT2D eigenvalue weighted by molar-refractivity contribution is 1.12. The van der Waals surface area contributed by atoms with Gasteiger partial charge in [-0.25, -0.2) is 4.98 Å². The fraction of sp³-hybridized carbons (Fsp3) is 0.105. The van der Waals surface area contributed by atoms with Crippen molar-refractivity contribution in [3.05, 3.63) is 59.9 Å². The summed E-state index contributed by atoms with van der Waals surface area (Å²) >= 11 is 6.32. The molecule has 2 aromatic carbocycles. The summed E-state index contributed by atoms with van der Waals surface area (Å²) in [5, 5.41) is 16.3. The molecule has 4 aromatic rings. The van der Waals surface area contributed by atoms with Gasteiger partial charge < -0.3 is 10.6 Å². The van der Waals surface area contributed by atoms with Crippen LogP contribution in [0.3, 0.4) is 0 Å². The van der Waals surface area contributed by atoms with Crippen LogP contribution < -0.4 is 15.9 Å². The van der Waals surface area contributed by atoms with Crippen LogP contribution in [-0.2, 0) is 0 Å². The second-order valence-electron chi connectivity index (χ2n) is 6.22. The Morgan fingerprint density at radius 1 is 1.04 bits per heavy atom. The minimum absolute atomic E-state index is 0.255. The average molecular weight is 397 g/mol. The summed E-state index contributed by atoms with van der Waals surface area (Å²) in [6.45, 7) is 4.44. The first-order valence-corrected chi connectivity index (χ1v) is 11.0. The fourth-order valence-corrected chi connectivity index (χ4v) is 3.90. The van der Waals surface area contributed by atoms with Crippen LogP contribution in [-0.4, -0.2) is 33.5 Å². The predicted octanol–water partition coefficient (Wildman–Crippen LogP) is 4.86. The predicted molar refractivity (Wildman–Crippen MR) is 115 cm³/mol. The largest absolute Gasteiger partial charge is 0.338 e. The van der Waals surface area contributed by atoms with Crippen LogP contribution in [0.25, 0.3) is 10.9 Å². The van der Waals surface area contributed by atoms with Crippen molar-refractivity contribution >= 4 is 58.9 Å². The first-order valence-electron chi connectivity index (χ1n) is 8.36. The van der Waals surface area contributed by atoms with E-state index in [4.69, 9.17) is 11.6 Å². The van der Waals surface area contributed by atoms with Crippen molar-refractivity contribution in [2.45, 2.75) is 0 Å². The van der Waals surface area contributed by atoms with E-state index in [1.807, 2.05) is 36.4 Å². The summed E-state index contributed by atoms with van der Waals surface area (Å²) in [5.41, 5.74) is 2.87. The van der Waals surface area contributed by atoms with E-state index in [1.54, 1.807) is 12.4 Å². The van der Waals surface area contributed by atoms with Crippen LogP contribution in [0.2, 0.25) is 5.02 Å². The zero-order chi connectivity index (χ0) is 18.8. The van der Waals surface area contributed by atoms with Crippen molar-refractivity contribution in [3.63, 3.8) is 0 Å². The lowest BCUT2D eigenvalue weighted by Gasteiger charge is -2.15. The Morgan fingerprint density at radius 2 is 1.89 bits per heavy atom. The van der Waals surface area contributed by atoms with Gasteiger partial charge in [-0.2, -0.15) is 10.1 Å². The molecule has 136 valence electrons. The molecule has 2 heterocycles. The van der Waals surface area contributed by atoms with Crippen LogP contribution in [0, 0.1) is 0 Å². The lowest BCUT2D eigenvalue weighted by atomic mass is 10.2. The van der Waals surface area contributed by atoms with Gasteiger partial charge in [-0.1, -0.05) is 37.7 Å². The third kappa shape index (κ3) is 3.87. The summed E-state index contributed by atoms with van der Waals surface area (Å²) in [6.07, 6.45) is 3.37. The van der Waals surface area contributed by atoms with Gasteiger partial charge in [-0.05, 0) is 42.9 Å². The number of H-pyrrole nitrogens is 1.